The third-order valence-corrected chi connectivity index (χ3v) is 3.87. The van der Waals surface area contributed by atoms with E-state index < -0.39 is 26.6 Å². The smallest absolute Gasteiger partial charge is 0.291 e. The van der Waals surface area contributed by atoms with Crippen molar-refractivity contribution in [2.75, 3.05) is 6.26 Å². The molecule has 0 bridgehead atoms. The monoisotopic (exact) mass is 287 g/mol. The summed E-state index contributed by atoms with van der Waals surface area (Å²) in [6.07, 6.45) is 1.56. The summed E-state index contributed by atoms with van der Waals surface area (Å²) in [5.74, 6) is 0. The van der Waals surface area contributed by atoms with Crippen LogP contribution >= 0.6 is 0 Å². The Hall–Kier alpha value is -1.47. The fourth-order valence-electron chi connectivity index (χ4n) is 1.93. The Labute approximate surface area is 112 Å². The standard InChI is InChI=1S/C12H17NO5S/c1-3-5-10(14)8-9-6-4-7-11(19(2,17)18)12(9)13(15)16/h4,6-7,10,14H,3,5,8H2,1-2H3. The summed E-state index contributed by atoms with van der Waals surface area (Å²) >= 11 is 0. The van der Waals surface area contributed by atoms with Gasteiger partial charge in [0, 0.05) is 18.2 Å². The van der Waals surface area contributed by atoms with E-state index >= 15 is 0 Å². The van der Waals surface area contributed by atoms with Crippen LogP contribution in [0.3, 0.4) is 0 Å². The van der Waals surface area contributed by atoms with Crippen molar-refractivity contribution in [2.45, 2.75) is 37.2 Å². The lowest BCUT2D eigenvalue weighted by Crippen LogP contribution is -2.13. The number of hydrogen-bond donors (Lipinski definition) is 1. The molecule has 7 heteroatoms. The summed E-state index contributed by atoms with van der Waals surface area (Å²) in [5, 5.41) is 20.8. The molecule has 1 rings (SSSR count). The molecule has 0 aliphatic rings. The number of nitro benzene ring substituents is 1. The van der Waals surface area contributed by atoms with Crippen LogP contribution in [0.25, 0.3) is 0 Å². The van der Waals surface area contributed by atoms with Gasteiger partial charge in [0.2, 0.25) is 0 Å². The second kappa shape index (κ2) is 6.12. The summed E-state index contributed by atoms with van der Waals surface area (Å²) in [6.45, 7) is 1.89. The Kier molecular flexibility index (Phi) is 5.02. The van der Waals surface area contributed by atoms with Crippen molar-refractivity contribution in [3.63, 3.8) is 0 Å². The van der Waals surface area contributed by atoms with Gasteiger partial charge in [-0.25, -0.2) is 8.42 Å². The molecule has 1 atom stereocenters. The third kappa shape index (κ3) is 4.00. The Balaban J connectivity index is 3.29. The van der Waals surface area contributed by atoms with Crippen molar-refractivity contribution >= 4 is 15.5 Å². The molecule has 1 N–H and O–H groups in total. The minimum atomic E-state index is -3.67. The molecule has 6 nitrogen and oxygen atoms in total. The maximum Gasteiger partial charge on any atom is 0.291 e. The number of hydrogen-bond acceptors (Lipinski definition) is 5. The normalized spacial score (nSPS) is 13.2. The Morgan fingerprint density at radius 3 is 2.53 bits per heavy atom. The van der Waals surface area contributed by atoms with Gasteiger partial charge in [-0.05, 0) is 12.5 Å². The lowest BCUT2D eigenvalue weighted by atomic mass is 10.0. The van der Waals surface area contributed by atoms with E-state index in [1.165, 1.54) is 18.2 Å². The van der Waals surface area contributed by atoms with Crippen LogP contribution in [-0.4, -0.2) is 30.8 Å². The maximum atomic E-state index is 11.6. The van der Waals surface area contributed by atoms with E-state index in [2.05, 4.69) is 0 Å². The molecular formula is C12H17NO5S. The molecule has 0 aliphatic heterocycles. The molecule has 0 spiro atoms. The van der Waals surface area contributed by atoms with Crippen LogP contribution in [-0.2, 0) is 16.3 Å². The van der Waals surface area contributed by atoms with E-state index in [9.17, 15) is 23.6 Å². The average Bonchev–Trinajstić information content (AvgIpc) is 2.27. The van der Waals surface area contributed by atoms with Gasteiger partial charge in [-0.3, -0.25) is 10.1 Å². The van der Waals surface area contributed by atoms with Gasteiger partial charge in [0.1, 0.15) is 4.90 Å². The van der Waals surface area contributed by atoms with E-state index in [-0.39, 0.29) is 16.9 Å². The molecule has 0 aliphatic carbocycles. The van der Waals surface area contributed by atoms with Gasteiger partial charge in [-0.1, -0.05) is 25.5 Å². The minimum Gasteiger partial charge on any atom is -0.393 e. The number of aliphatic hydroxyl groups is 1. The molecule has 1 unspecified atom stereocenters. The molecule has 1 aromatic carbocycles. The largest absolute Gasteiger partial charge is 0.393 e. The van der Waals surface area contributed by atoms with E-state index in [4.69, 9.17) is 0 Å². The molecular weight excluding hydrogens is 270 g/mol. The second-order valence-corrected chi connectivity index (χ2v) is 6.42. The molecule has 0 heterocycles. The Morgan fingerprint density at radius 1 is 1.42 bits per heavy atom. The Morgan fingerprint density at radius 2 is 2.05 bits per heavy atom. The predicted molar refractivity (Wildman–Crippen MR) is 70.8 cm³/mol. The van der Waals surface area contributed by atoms with E-state index in [0.717, 1.165) is 12.7 Å². The summed E-state index contributed by atoms with van der Waals surface area (Å²) in [5.41, 5.74) is -0.186. The van der Waals surface area contributed by atoms with Gasteiger partial charge in [-0.2, -0.15) is 0 Å². The Bertz CT molecular complexity index is 567. The van der Waals surface area contributed by atoms with Crippen molar-refractivity contribution < 1.29 is 18.4 Å². The molecule has 0 saturated carbocycles. The van der Waals surface area contributed by atoms with Crippen LogP contribution in [0.5, 0.6) is 0 Å². The highest BCUT2D eigenvalue weighted by atomic mass is 32.2. The number of sulfone groups is 1. The van der Waals surface area contributed by atoms with Gasteiger partial charge >= 0.3 is 0 Å². The van der Waals surface area contributed by atoms with Crippen LogP contribution in [0, 0.1) is 10.1 Å². The fourth-order valence-corrected chi connectivity index (χ4v) is 2.81. The zero-order valence-corrected chi connectivity index (χ0v) is 11.7. The number of aliphatic hydroxyl groups excluding tert-OH is 1. The van der Waals surface area contributed by atoms with Crippen LogP contribution in [0.15, 0.2) is 23.1 Å². The molecule has 0 aromatic heterocycles. The highest BCUT2D eigenvalue weighted by molar-refractivity contribution is 7.90. The van der Waals surface area contributed by atoms with Crippen LogP contribution < -0.4 is 0 Å². The summed E-state index contributed by atoms with van der Waals surface area (Å²) < 4.78 is 23.1. The van der Waals surface area contributed by atoms with E-state index in [1.807, 2.05) is 6.92 Å². The van der Waals surface area contributed by atoms with E-state index in [0.29, 0.717) is 6.42 Å². The lowest BCUT2D eigenvalue weighted by molar-refractivity contribution is -0.388. The highest BCUT2D eigenvalue weighted by Crippen LogP contribution is 2.29. The van der Waals surface area contributed by atoms with Crippen LogP contribution in [0.4, 0.5) is 5.69 Å². The first kappa shape index (κ1) is 15.6. The fraction of sp³-hybridized carbons (Fsp3) is 0.500. The predicted octanol–water partition coefficient (Wildman–Crippen LogP) is 1.70. The summed E-state index contributed by atoms with van der Waals surface area (Å²) in [7, 11) is -3.67. The molecule has 0 amide bonds. The first-order valence-electron chi connectivity index (χ1n) is 5.91. The van der Waals surface area contributed by atoms with Gasteiger partial charge < -0.3 is 5.11 Å². The molecule has 0 fully saturated rings. The van der Waals surface area contributed by atoms with Crippen molar-refractivity contribution in [3.05, 3.63) is 33.9 Å². The van der Waals surface area contributed by atoms with Crippen molar-refractivity contribution in [2.24, 2.45) is 0 Å². The van der Waals surface area contributed by atoms with Gasteiger partial charge in [0.25, 0.3) is 5.69 Å². The molecule has 106 valence electrons. The van der Waals surface area contributed by atoms with Crippen LogP contribution in [0.2, 0.25) is 0 Å². The number of nitrogens with zero attached hydrogens (tertiary/aromatic N) is 1. The topological polar surface area (TPSA) is 97.5 Å². The summed E-state index contributed by atoms with van der Waals surface area (Å²) in [4.78, 5) is 10.1. The van der Waals surface area contributed by atoms with Crippen molar-refractivity contribution in [3.8, 4) is 0 Å². The van der Waals surface area contributed by atoms with E-state index in [1.54, 1.807) is 0 Å². The lowest BCUT2D eigenvalue weighted by Gasteiger charge is -2.11. The number of nitro groups is 1. The van der Waals surface area contributed by atoms with Crippen LogP contribution in [0.1, 0.15) is 25.3 Å². The number of benzene rings is 1. The van der Waals surface area contributed by atoms with Gasteiger partial charge in [-0.15, -0.1) is 0 Å². The van der Waals surface area contributed by atoms with Gasteiger partial charge in [0.05, 0.1) is 11.0 Å². The third-order valence-electron chi connectivity index (χ3n) is 2.74. The molecule has 19 heavy (non-hydrogen) atoms. The zero-order chi connectivity index (χ0) is 14.6. The number of para-hydroxylation sites is 1. The molecule has 0 saturated heterocycles. The second-order valence-electron chi connectivity index (χ2n) is 4.44. The summed E-state index contributed by atoms with van der Waals surface area (Å²) in [6, 6.07) is 4.15. The first-order chi connectivity index (χ1) is 8.77. The maximum absolute atomic E-state index is 11.6. The SMILES string of the molecule is CCCC(O)Cc1cccc(S(C)(=O)=O)c1[N+](=O)[O-]. The molecule has 1 aromatic rings. The zero-order valence-electron chi connectivity index (χ0n) is 10.9. The quantitative estimate of drug-likeness (QED) is 0.634. The van der Waals surface area contributed by atoms with Crippen molar-refractivity contribution in [1.82, 2.24) is 0 Å². The molecule has 0 radical (unpaired) electrons. The first-order valence-corrected chi connectivity index (χ1v) is 7.81. The average molecular weight is 287 g/mol. The van der Waals surface area contributed by atoms with Crippen molar-refractivity contribution in [1.29, 1.82) is 0 Å². The number of rotatable bonds is 6. The van der Waals surface area contributed by atoms with Gasteiger partial charge in [0.15, 0.2) is 9.84 Å². The minimum absolute atomic E-state index is 0.0769. The highest BCUT2D eigenvalue weighted by Gasteiger charge is 2.26.